The van der Waals surface area contributed by atoms with Crippen LogP contribution in [0.5, 0.6) is 0 Å². The quantitative estimate of drug-likeness (QED) is 0.695. The van der Waals surface area contributed by atoms with Crippen molar-refractivity contribution >= 4 is 23.6 Å². The van der Waals surface area contributed by atoms with Crippen molar-refractivity contribution in [2.45, 2.75) is 19.4 Å². The van der Waals surface area contributed by atoms with Crippen molar-refractivity contribution < 1.29 is 14.7 Å². The Morgan fingerprint density at radius 2 is 2.35 bits per heavy atom. The van der Waals surface area contributed by atoms with Crippen LogP contribution in [0, 0.1) is 6.92 Å². The first kappa shape index (κ1) is 13.6. The molecule has 0 radical (unpaired) electrons. The largest absolute Gasteiger partial charge is 0.480 e. The highest BCUT2D eigenvalue weighted by Gasteiger charge is 2.21. The van der Waals surface area contributed by atoms with Crippen molar-refractivity contribution in [2.75, 3.05) is 12.0 Å². The Morgan fingerprint density at radius 1 is 1.65 bits per heavy atom. The van der Waals surface area contributed by atoms with Gasteiger partial charge in [-0.2, -0.15) is 16.9 Å². The average Bonchev–Trinajstić information content (AvgIpc) is 2.70. The summed E-state index contributed by atoms with van der Waals surface area (Å²) < 4.78 is 0. The van der Waals surface area contributed by atoms with E-state index in [0.29, 0.717) is 23.4 Å². The molecule has 0 aliphatic rings. The van der Waals surface area contributed by atoms with E-state index in [-0.39, 0.29) is 0 Å². The van der Waals surface area contributed by atoms with Crippen LogP contribution in [-0.4, -0.2) is 45.2 Å². The maximum absolute atomic E-state index is 11.8. The molecule has 0 fully saturated rings. The van der Waals surface area contributed by atoms with E-state index in [4.69, 9.17) is 5.11 Å². The van der Waals surface area contributed by atoms with Crippen molar-refractivity contribution in [3.05, 3.63) is 17.5 Å². The molecule has 6 nitrogen and oxygen atoms in total. The van der Waals surface area contributed by atoms with Crippen LogP contribution >= 0.6 is 11.8 Å². The lowest BCUT2D eigenvalue weighted by atomic mass is 10.2. The number of carboxylic acid groups (broad SMARTS) is 1. The summed E-state index contributed by atoms with van der Waals surface area (Å²) in [5.41, 5.74) is 0.997. The molecule has 0 aliphatic heterocycles. The molecule has 1 heterocycles. The molecule has 0 saturated carbocycles. The van der Waals surface area contributed by atoms with E-state index in [1.54, 1.807) is 18.7 Å². The van der Waals surface area contributed by atoms with Crippen LogP contribution in [0.25, 0.3) is 0 Å². The van der Waals surface area contributed by atoms with Crippen LogP contribution in [0.15, 0.2) is 6.20 Å². The molecule has 94 valence electrons. The molecule has 1 aromatic heterocycles. The predicted molar refractivity (Wildman–Crippen MR) is 65.2 cm³/mol. The van der Waals surface area contributed by atoms with Crippen LogP contribution in [0.1, 0.15) is 22.5 Å². The van der Waals surface area contributed by atoms with Crippen molar-refractivity contribution in [3.8, 4) is 0 Å². The number of nitrogens with one attached hydrogen (secondary N) is 2. The molecule has 17 heavy (non-hydrogen) atoms. The summed E-state index contributed by atoms with van der Waals surface area (Å²) >= 11 is 1.54. The zero-order chi connectivity index (χ0) is 12.8. The van der Waals surface area contributed by atoms with Gasteiger partial charge in [0.05, 0.1) is 6.20 Å². The number of aromatic amines is 1. The van der Waals surface area contributed by atoms with E-state index in [2.05, 4.69) is 15.5 Å². The van der Waals surface area contributed by atoms with Gasteiger partial charge < -0.3 is 10.4 Å². The zero-order valence-electron chi connectivity index (χ0n) is 9.69. The number of aliphatic carboxylic acids is 1. The van der Waals surface area contributed by atoms with E-state index < -0.39 is 17.9 Å². The molecule has 3 N–H and O–H groups in total. The van der Waals surface area contributed by atoms with Gasteiger partial charge in [-0.25, -0.2) is 4.79 Å². The van der Waals surface area contributed by atoms with Gasteiger partial charge in [-0.05, 0) is 30.9 Å². The van der Waals surface area contributed by atoms with Gasteiger partial charge in [0, 0.05) is 0 Å². The minimum atomic E-state index is -1.02. The van der Waals surface area contributed by atoms with E-state index in [9.17, 15) is 9.59 Å². The normalized spacial score (nSPS) is 12.1. The van der Waals surface area contributed by atoms with Crippen molar-refractivity contribution in [2.24, 2.45) is 0 Å². The number of H-pyrrole nitrogens is 1. The molecule has 7 heteroatoms. The van der Waals surface area contributed by atoms with Gasteiger partial charge in [-0.1, -0.05) is 0 Å². The fourth-order valence-electron chi connectivity index (χ4n) is 1.30. The number of amides is 1. The molecule has 1 aromatic rings. The first-order chi connectivity index (χ1) is 8.06. The Hall–Kier alpha value is -1.50. The van der Waals surface area contributed by atoms with E-state index in [1.807, 2.05) is 6.26 Å². The highest BCUT2D eigenvalue weighted by molar-refractivity contribution is 7.98. The molecule has 1 rings (SSSR count). The van der Waals surface area contributed by atoms with Gasteiger partial charge in [0.25, 0.3) is 5.91 Å². The first-order valence-corrected chi connectivity index (χ1v) is 6.48. The van der Waals surface area contributed by atoms with E-state index in [0.717, 1.165) is 0 Å². The predicted octanol–water partition coefficient (Wildman–Crippen LogP) is 0.654. The fourth-order valence-corrected chi connectivity index (χ4v) is 1.77. The monoisotopic (exact) mass is 257 g/mol. The van der Waals surface area contributed by atoms with Crippen LogP contribution in [0.2, 0.25) is 0 Å². The van der Waals surface area contributed by atoms with Crippen LogP contribution in [0.3, 0.4) is 0 Å². The lowest BCUT2D eigenvalue weighted by Crippen LogP contribution is -2.41. The summed E-state index contributed by atoms with van der Waals surface area (Å²) in [5.74, 6) is -0.780. The molecule has 0 saturated heterocycles. The third-order valence-electron chi connectivity index (χ3n) is 2.27. The second kappa shape index (κ2) is 6.29. The minimum Gasteiger partial charge on any atom is -0.480 e. The number of rotatable bonds is 6. The Balaban J connectivity index is 2.64. The Bertz CT molecular complexity index is 405. The number of aryl methyl sites for hydroxylation is 1. The maximum Gasteiger partial charge on any atom is 0.326 e. The summed E-state index contributed by atoms with van der Waals surface area (Å²) in [4.78, 5) is 22.7. The van der Waals surface area contributed by atoms with Gasteiger partial charge in [-0.3, -0.25) is 9.89 Å². The second-order valence-electron chi connectivity index (χ2n) is 3.57. The highest BCUT2D eigenvalue weighted by atomic mass is 32.2. The molecule has 0 unspecified atom stereocenters. The standard InChI is InChI=1S/C10H15N3O3S/c1-6-5-11-13-8(6)9(14)12-7(10(15)16)3-4-17-2/h5,7H,3-4H2,1-2H3,(H,11,13)(H,12,14)(H,15,16)/t7-/m0/s1. The molecule has 0 aliphatic carbocycles. The van der Waals surface area contributed by atoms with Crippen LogP contribution < -0.4 is 5.32 Å². The number of thioether (sulfide) groups is 1. The fraction of sp³-hybridized carbons (Fsp3) is 0.500. The Labute approximate surface area is 103 Å². The van der Waals surface area contributed by atoms with Crippen molar-refractivity contribution in [1.82, 2.24) is 15.5 Å². The average molecular weight is 257 g/mol. The Morgan fingerprint density at radius 3 is 2.82 bits per heavy atom. The molecular weight excluding hydrogens is 242 g/mol. The topological polar surface area (TPSA) is 95.1 Å². The van der Waals surface area contributed by atoms with Gasteiger partial charge in [0.1, 0.15) is 11.7 Å². The minimum absolute atomic E-state index is 0.306. The SMILES string of the molecule is CSCC[C@H](NC(=O)c1[nH]ncc1C)C(=O)O. The first-order valence-electron chi connectivity index (χ1n) is 5.08. The van der Waals surface area contributed by atoms with Crippen molar-refractivity contribution in [1.29, 1.82) is 0 Å². The number of hydrogen-bond acceptors (Lipinski definition) is 4. The van der Waals surface area contributed by atoms with Crippen LogP contribution in [-0.2, 0) is 4.79 Å². The third kappa shape index (κ3) is 3.77. The maximum atomic E-state index is 11.8. The highest BCUT2D eigenvalue weighted by Crippen LogP contribution is 2.05. The lowest BCUT2D eigenvalue weighted by Gasteiger charge is -2.13. The molecule has 0 bridgehead atoms. The van der Waals surface area contributed by atoms with Crippen molar-refractivity contribution in [3.63, 3.8) is 0 Å². The number of hydrogen-bond donors (Lipinski definition) is 3. The van der Waals surface area contributed by atoms with Gasteiger partial charge >= 0.3 is 5.97 Å². The summed E-state index contributed by atoms with van der Waals surface area (Å²) in [7, 11) is 0. The van der Waals surface area contributed by atoms with E-state index in [1.165, 1.54) is 6.20 Å². The zero-order valence-corrected chi connectivity index (χ0v) is 10.5. The number of carbonyl (C=O) groups is 2. The molecule has 0 aromatic carbocycles. The summed E-state index contributed by atoms with van der Waals surface area (Å²) in [6, 6.07) is -0.863. The Kier molecular flexibility index (Phi) is 5.02. The smallest absolute Gasteiger partial charge is 0.326 e. The van der Waals surface area contributed by atoms with E-state index >= 15 is 0 Å². The van der Waals surface area contributed by atoms with Gasteiger partial charge in [0.2, 0.25) is 0 Å². The molecule has 1 atom stereocenters. The number of carbonyl (C=O) groups excluding carboxylic acids is 1. The van der Waals surface area contributed by atoms with Gasteiger partial charge in [0.15, 0.2) is 0 Å². The summed E-state index contributed by atoms with van der Waals surface area (Å²) in [6.07, 6.45) is 3.81. The number of carboxylic acids is 1. The lowest BCUT2D eigenvalue weighted by molar-refractivity contribution is -0.139. The molecular formula is C10H15N3O3S. The summed E-state index contributed by atoms with van der Waals surface area (Å²) in [5, 5.41) is 17.7. The van der Waals surface area contributed by atoms with Crippen LogP contribution in [0.4, 0.5) is 0 Å². The third-order valence-corrected chi connectivity index (χ3v) is 2.91. The summed E-state index contributed by atoms with van der Waals surface area (Å²) in [6.45, 7) is 1.73. The number of nitrogens with zero attached hydrogens (tertiary/aromatic N) is 1. The second-order valence-corrected chi connectivity index (χ2v) is 4.56. The molecule has 1 amide bonds. The molecule has 0 spiro atoms. The van der Waals surface area contributed by atoms with Gasteiger partial charge in [-0.15, -0.1) is 0 Å². The number of aromatic nitrogens is 2.